The zero-order valence-electron chi connectivity index (χ0n) is 7.11. The Bertz CT molecular complexity index is 258. The van der Waals surface area contributed by atoms with Crippen molar-refractivity contribution in [2.45, 2.75) is 25.1 Å². The standard InChI is InChI=1S/C10H12BrF/c1-2-3-9-5-4-8(7-11)6-10(9)12/h4-6H,2-3,7H2,1H3. The Morgan fingerprint density at radius 1 is 1.42 bits per heavy atom. The van der Waals surface area contributed by atoms with Crippen molar-refractivity contribution in [2.75, 3.05) is 0 Å². The number of halogens is 2. The number of benzene rings is 1. The van der Waals surface area contributed by atoms with Crippen molar-refractivity contribution in [1.82, 2.24) is 0 Å². The molecular weight excluding hydrogens is 219 g/mol. The highest BCUT2D eigenvalue weighted by atomic mass is 79.9. The zero-order chi connectivity index (χ0) is 8.97. The molecular formula is C10H12BrF. The van der Waals surface area contributed by atoms with Crippen LogP contribution in [-0.2, 0) is 11.8 Å². The van der Waals surface area contributed by atoms with Gasteiger partial charge in [0.2, 0.25) is 0 Å². The minimum atomic E-state index is -0.0752. The summed E-state index contributed by atoms with van der Waals surface area (Å²) >= 11 is 3.29. The summed E-state index contributed by atoms with van der Waals surface area (Å²) < 4.78 is 13.2. The van der Waals surface area contributed by atoms with E-state index in [-0.39, 0.29) is 5.82 Å². The molecule has 0 N–H and O–H groups in total. The molecule has 0 atom stereocenters. The van der Waals surface area contributed by atoms with E-state index in [2.05, 4.69) is 22.9 Å². The lowest BCUT2D eigenvalue weighted by molar-refractivity contribution is 0.606. The molecule has 1 aromatic rings. The fourth-order valence-corrected chi connectivity index (χ4v) is 1.49. The Labute approximate surface area is 80.9 Å². The van der Waals surface area contributed by atoms with Crippen LogP contribution in [0.3, 0.4) is 0 Å². The SMILES string of the molecule is CCCc1ccc(CBr)cc1F. The lowest BCUT2D eigenvalue weighted by Crippen LogP contribution is -1.90. The summed E-state index contributed by atoms with van der Waals surface area (Å²) in [6.07, 6.45) is 1.82. The Hall–Kier alpha value is -0.370. The molecule has 2 heteroatoms. The first-order valence-electron chi connectivity index (χ1n) is 4.11. The fourth-order valence-electron chi connectivity index (χ4n) is 1.15. The van der Waals surface area contributed by atoms with Gasteiger partial charge in [0, 0.05) is 5.33 Å². The molecule has 12 heavy (non-hydrogen) atoms. The number of hydrogen-bond acceptors (Lipinski definition) is 0. The van der Waals surface area contributed by atoms with Crippen LogP contribution in [0, 0.1) is 5.82 Å². The van der Waals surface area contributed by atoms with E-state index in [1.165, 1.54) is 0 Å². The minimum absolute atomic E-state index is 0.0752. The number of hydrogen-bond donors (Lipinski definition) is 0. The predicted octanol–water partition coefficient (Wildman–Crippen LogP) is 3.67. The Balaban J connectivity index is 2.87. The second-order valence-corrected chi connectivity index (χ2v) is 3.37. The van der Waals surface area contributed by atoms with Crippen molar-refractivity contribution in [1.29, 1.82) is 0 Å². The van der Waals surface area contributed by atoms with Gasteiger partial charge in [0.15, 0.2) is 0 Å². The van der Waals surface area contributed by atoms with Gasteiger partial charge in [-0.3, -0.25) is 0 Å². The first kappa shape index (κ1) is 9.72. The largest absolute Gasteiger partial charge is 0.207 e. The van der Waals surface area contributed by atoms with E-state index in [0.717, 1.165) is 29.3 Å². The maximum atomic E-state index is 13.2. The van der Waals surface area contributed by atoms with E-state index in [1.807, 2.05) is 12.1 Å². The zero-order valence-corrected chi connectivity index (χ0v) is 8.70. The van der Waals surface area contributed by atoms with Gasteiger partial charge >= 0.3 is 0 Å². The van der Waals surface area contributed by atoms with Crippen molar-refractivity contribution in [3.05, 3.63) is 35.1 Å². The quantitative estimate of drug-likeness (QED) is 0.696. The molecule has 0 saturated carbocycles. The summed E-state index contributed by atoms with van der Waals surface area (Å²) in [6.45, 7) is 2.05. The lowest BCUT2D eigenvalue weighted by atomic mass is 10.1. The highest BCUT2D eigenvalue weighted by Gasteiger charge is 2.01. The van der Waals surface area contributed by atoms with Gasteiger partial charge in [0.1, 0.15) is 5.82 Å². The molecule has 0 aliphatic heterocycles. The summed E-state index contributed by atoms with van der Waals surface area (Å²) in [5.41, 5.74) is 1.81. The van der Waals surface area contributed by atoms with E-state index in [1.54, 1.807) is 6.07 Å². The van der Waals surface area contributed by atoms with Crippen molar-refractivity contribution in [3.63, 3.8) is 0 Å². The van der Waals surface area contributed by atoms with Crippen LogP contribution in [0.4, 0.5) is 4.39 Å². The second kappa shape index (κ2) is 4.61. The molecule has 0 amide bonds. The lowest BCUT2D eigenvalue weighted by Gasteiger charge is -2.02. The van der Waals surface area contributed by atoms with E-state index in [9.17, 15) is 4.39 Å². The van der Waals surface area contributed by atoms with Crippen LogP contribution in [-0.4, -0.2) is 0 Å². The van der Waals surface area contributed by atoms with E-state index < -0.39 is 0 Å². The molecule has 0 fully saturated rings. The minimum Gasteiger partial charge on any atom is -0.207 e. The third kappa shape index (κ3) is 2.31. The van der Waals surface area contributed by atoms with Crippen LogP contribution < -0.4 is 0 Å². The molecule has 0 aromatic heterocycles. The molecule has 0 bridgehead atoms. The van der Waals surface area contributed by atoms with Gasteiger partial charge in [-0.2, -0.15) is 0 Å². The van der Waals surface area contributed by atoms with Gasteiger partial charge in [-0.1, -0.05) is 41.4 Å². The summed E-state index contributed by atoms with van der Waals surface area (Å²) in [5, 5.41) is 0.719. The number of aryl methyl sites for hydroxylation is 1. The maximum Gasteiger partial charge on any atom is 0.126 e. The molecule has 1 rings (SSSR count). The number of rotatable bonds is 3. The third-order valence-corrected chi connectivity index (χ3v) is 2.44. The summed E-state index contributed by atoms with van der Waals surface area (Å²) in [7, 11) is 0. The van der Waals surface area contributed by atoms with Gasteiger partial charge in [-0.25, -0.2) is 4.39 Å². The first-order valence-corrected chi connectivity index (χ1v) is 5.23. The molecule has 0 saturated heterocycles. The molecule has 0 heterocycles. The van der Waals surface area contributed by atoms with Gasteiger partial charge in [0.05, 0.1) is 0 Å². The topological polar surface area (TPSA) is 0 Å². The van der Waals surface area contributed by atoms with Gasteiger partial charge in [0.25, 0.3) is 0 Å². The molecule has 0 spiro atoms. The average molecular weight is 231 g/mol. The molecule has 0 radical (unpaired) electrons. The Kier molecular flexibility index (Phi) is 3.73. The van der Waals surface area contributed by atoms with Crippen LogP contribution in [0.2, 0.25) is 0 Å². The van der Waals surface area contributed by atoms with Crippen molar-refractivity contribution >= 4 is 15.9 Å². The van der Waals surface area contributed by atoms with Crippen molar-refractivity contribution in [3.8, 4) is 0 Å². The second-order valence-electron chi connectivity index (χ2n) is 2.81. The average Bonchev–Trinajstić information content (AvgIpc) is 2.09. The van der Waals surface area contributed by atoms with Crippen LogP contribution in [0.1, 0.15) is 24.5 Å². The highest BCUT2D eigenvalue weighted by Crippen LogP contribution is 2.14. The van der Waals surface area contributed by atoms with E-state index in [0.29, 0.717) is 0 Å². The van der Waals surface area contributed by atoms with E-state index in [4.69, 9.17) is 0 Å². The molecule has 0 unspecified atom stereocenters. The molecule has 0 aliphatic carbocycles. The molecule has 0 nitrogen and oxygen atoms in total. The first-order chi connectivity index (χ1) is 5.77. The normalized spacial score (nSPS) is 10.2. The van der Waals surface area contributed by atoms with Crippen LogP contribution in [0.25, 0.3) is 0 Å². The number of alkyl halides is 1. The van der Waals surface area contributed by atoms with Gasteiger partial charge < -0.3 is 0 Å². The van der Waals surface area contributed by atoms with Crippen LogP contribution >= 0.6 is 15.9 Å². The summed E-state index contributed by atoms with van der Waals surface area (Å²) in [4.78, 5) is 0. The Morgan fingerprint density at radius 3 is 2.67 bits per heavy atom. The van der Waals surface area contributed by atoms with Crippen LogP contribution in [0.15, 0.2) is 18.2 Å². The predicted molar refractivity (Wildman–Crippen MR) is 53.0 cm³/mol. The fraction of sp³-hybridized carbons (Fsp3) is 0.400. The summed E-state index contributed by atoms with van der Waals surface area (Å²) in [5.74, 6) is -0.0752. The molecule has 66 valence electrons. The smallest absolute Gasteiger partial charge is 0.126 e. The third-order valence-electron chi connectivity index (χ3n) is 1.79. The Morgan fingerprint density at radius 2 is 2.17 bits per heavy atom. The van der Waals surface area contributed by atoms with Gasteiger partial charge in [-0.15, -0.1) is 0 Å². The maximum absolute atomic E-state index is 13.2. The van der Waals surface area contributed by atoms with Crippen LogP contribution in [0.5, 0.6) is 0 Å². The summed E-state index contributed by atoms with van der Waals surface area (Å²) in [6, 6.07) is 5.43. The highest BCUT2D eigenvalue weighted by molar-refractivity contribution is 9.08. The molecule has 1 aromatic carbocycles. The van der Waals surface area contributed by atoms with Gasteiger partial charge in [-0.05, 0) is 23.6 Å². The van der Waals surface area contributed by atoms with Crippen molar-refractivity contribution in [2.24, 2.45) is 0 Å². The monoisotopic (exact) mass is 230 g/mol. The van der Waals surface area contributed by atoms with E-state index >= 15 is 0 Å². The molecule has 0 aliphatic rings. The van der Waals surface area contributed by atoms with Crippen molar-refractivity contribution < 1.29 is 4.39 Å².